The summed E-state index contributed by atoms with van der Waals surface area (Å²) in [5.74, 6) is -0.436. The topological polar surface area (TPSA) is 147 Å². The minimum Gasteiger partial charge on any atom is -0.387 e. The molecule has 3 unspecified atom stereocenters. The molecule has 13 heteroatoms. The van der Waals surface area contributed by atoms with Gasteiger partial charge in [-0.05, 0) is 19.1 Å². The van der Waals surface area contributed by atoms with Gasteiger partial charge in [0.15, 0.2) is 35.1 Å². The molecule has 4 aromatic rings. The summed E-state index contributed by atoms with van der Waals surface area (Å²) in [6, 6.07) is 6.44. The number of likely N-dealkylation sites (N-methyl/N-ethyl adjacent to an activating group) is 1. The maximum Gasteiger partial charge on any atom is 0.251 e. The molecule has 4 atom stereocenters. The zero-order valence-corrected chi connectivity index (χ0v) is 20.5. The number of ether oxygens (including phenoxy) is 1. The summed E-state index contributed by atoms with van der Waals surface area (Å²) < 4.78 is 21.5. The number of amides is 1. The third-order valence-corrected chi connectivity index (χ3v) is 6.26. The average Bonchev–Trinajstić information content (AvgIpc) is 3.44. The number of aliphatic hydroxyl groups is 2. The van der Waals surface area contributed by atoms with E-state index in [4.69, 9.17) is 16.3 Å². The van der Waals surface area contributed by atoms with Crippen LogP contribution in [0.3, 0.4) is 0 Å². The van der Waals surface area contributed by atoms with Crippen LogP contribution in [0.15, 0.2) is 43.0 Å². The standard InChI is InChI=1S/C24H23ClFN7O4/c1-11-3-4-15(26)12(5-11)8-29-21-16-22(32-20(31-21)13-6-14(25)9-28-7-13)33(10-30-16)24-18(35)17(34)19(37-24)23(36)27-2/h3-7,9-10,17-19,24,34-35H,8H2,1-2H3,(H,27,36)(H,29,31,32)/t17?,18?,19-,24?/m1/s1. The zero-order valence-electron chi connectivity index (χ0n) is 19.8. The van der Waals surface area contributed by atoms with Gasteiger partial charge in [-0.25, -0.2) is 19.3 Å². The molecule has 1 aromatic carbocycles. The van der Waals surface area contributed by atoms with Crippen LogP contribution >= 0.6 is 11.6 Å². The Morgan fingerprint density at radius 3 is 2.78 bits per heavy atom. The Morgan fingerprint density at radius 2 is 2.03 bits per heavy atom. The van der Waals surface area contributed by atoms with E-state index in [1.54, 1.807) is 18.2 Å². The van der Waals surface area contributed by atoms with E-state index in [0.717, 1.165) is 5.56 Å². The van der Waals surface area contributed by atoms with E-state index in [1.807, 2.05) is 6.92 Å². The number of aryl methyl sites for hydroxylation is 1. The maximum atomic E-state index is 14.4. The number of imidazole rings is 1. The predicted octanol–water partition coefficient (Wildman–Crippen LogP) is 1.97. The van der Waals surface area contributed by atoms with E-state index in [0.29, 0.717) is 21.7 Å². The van der Waals surface area contributed by atoms with Crippen LogP contribution in [0.4, 0.5) is 10.2 Å². The Hall–Kier alpha value is -3.71. The van der Waals surface area contributed by atoms with Gasteiger partial charge in [0.05, 0.1) is 11.3 Å². The number of halogens is 2. The van der Waals surface area contributed by atoms with Crippen molar-refractivity contribution in [1.29, 1.82) is 0 Å². The molecule has 11 nitrogen and oxygen atoms in total. The predicted molar refractivity (Wildman–Crippen MR) is 132 cm³/mol. The first-order valence-corrected chi connectivity index (χ1v) is 11.7. The second-order valence-electron chi connectivity index (χ2n) is 8.60. The molecule has 1 aliphatic heterocycles. The Kier molecular flexibility index (Phi) is 6.73. The second-order valence-corrected chi connectivity index (χ2v) is 9.04. The number of carbonyl (C=O) groups excluding carboxylic acids is 1. The number of hydrogen-bond acceptors (Lipinski definition) is 9. The molecule has 0 saturated carbocycles. The van der Waals surface area contributed by atoms with Gasteiger partial charge in [-0.3, -0.25) is 14.3 Å². The van der Waals surface area contributed by atoms with Gasteiger partial charge >= 0.3 is 0 Å². The van der Waals surface area contributed by atoms with Crippen molar-refractivity contribution in [3.05, 3.63) is 65.0 Å². The van der Waals surface area contributed by atoms with Crippen molar-refractivity contribution in [2.24, 2.45) is 0 Å². The van der Waals surface area contributed by atoms with Crippen LogP contribution in [0, 0.1) is 12.7 Å². The molecule has 1 saturated heterocycles. The smallest absolute Gasteiger partial charge is 0.251 e. The average molecular weight is 528 g/mol. The lowest BCUT2D eigenvalue weighted by molar-refractivity contribution is -0.137. The lowest BCUT2D eigenvalue weighted by Crippen LogP contribution is -2.41. The van der Waals surface area contributed by atoms with Crippen LogP contribution in [0.2, 0.25) is 5.02 Å². The van der Waals surface area contributed by atoms with E-state index < -0.39 is 30.4 Å². The Bertz CT molecular complexity index is 1480. The molecule has 4 heterocycles. The molecule has 1 fully saturated rings. The molecule has 0 aliphatic carbocycles. The number of pyridine rings is 1. The Balaban J connectivity index is 1.59. The molecule has 0 spiro atoms. The normalized spacial score (nSPS) is 21.4. The van der Waals surface area contributed by atoms with Crippen molar-refractivity contribution < 1.29 is 24.1 Å². The summed E-state index contributed by atoms with van der Waals surface area (Å²) in [6.07, 6.45) is -0.996. The van der Waals surface area contributed by atoms with Gasteiger partial charge in [0.1, 0.15) is 18.0 Å². The molecule has 37 heavy (non-hydrogen) atoms. The lowest BCUT2D eigenvalue weighted by Gasteiger charge is -2.17. The number of rotatable bonds is 6. The number of nitrogens with zero attached hydrogens (tertiary/aromatic N) is 5. The van der Waals surface area contributed by atoms with Gasteiger partial charge < -0.3 is 25.6 Å². The van der Waals surface area contributed by atoms with E-state index in [1.165, 1.54) is 36.4 Å². The first kappa shape index (κ1) is 25.0. The minimum absolute atomic E-state index is 0.111. The van der Waals surface area contributed by atoms with Crippen LogP contribution in [-0.4, -0.2) is 66.0 Å². The van der Waals surface area contributed by atoms with Gasteiger partial charge in [0, 0.05) is 37.1 Å². The summed E-state index contributed by atoms with van der Waals surface area (Å²) in [5, 5.41) is 27.0. The van der Waals surface area contributed by atoms with Crippen molar-refractivity contribution in [2.45, 2.75) is 38.0 Å². The van der Waals surface area contributed by atoms with Crippen LogP contribution < -0.4 is 10.6 Å². The molecule has 1 amide bonds. The fourth-order valence-corrected chi connectivity index (χ4v) is 4.33. The number of aliphatic hydroxyl groups excluding tert-OH is 2. The summed E-state index contributed by atoms with van der Waals surface area (Å²) in [6.45, 7) is 1.98. The summed E-state index contributed by atoms with van der Waals surface area (Å²) in [4.78, 5) is 29.8. The molecule has 3 aromatic heterocycles. The van der Waals surface area contributed by atoms with E-state index in [2.05, 4.69) is 30.6 Å². The highest BCUT2D eigenvalue weighted by Gasteiger charge is 2.47. The van der Waals surface area contributed by atoms with Gasteiger partial charge in [-0.15, -0.1) is 0 Å². The first-order valence-electron chi connectivity index (χ1n) is 11.3. The number of hydrogen-bond donors (Lipinski definition) is 4. The number of benzene rings is 1. The number of carbonyl (C=O) groups is 1. The van der Waals surface area contributed by atoms with Gasteiger partial charge in [0.2, 0.25) is 0 Å². The van der Waals surface area contributed by atoms with E-state index in [-0.39, 0.29) is 29.7 Å². The van der Waals surface area contributed by atoms with Crippen molar-refractivity contribution in [2.75, 3.05) is 12.4 Å². The lowest BCUT2D eigenvalue weighted by atomic mass is 10.1. The molecule has 0 radical (unpaired) electrons. The second kappa shape index (κ2) is 9.98. The number of nitrogens with one attached hydrogen (secondary N) is 2. The van der Waals surface area contributed by atoms with Crippen LogP contribution in [-0.2, 0) is 16.1 Å². The van der Waals surface area contributed by atoms with Gasteiger partial charge in [-0.1, -0.05) is 29.3 Å². The van der Waals surface area contributed by atoms with Gasteiger partial charge in [0.25, 0.3) is 5.91 Å². The van der Waals surface area contributed by atoms with Crippen molar-refractivity contribution >= 4 is 34.5 Å². The largest absolute Gasteiger partial charge is 0.387 e. The molecule has 5 rings (SSSR count). The third-order valence-electron chi connectivity index (χ3n) is 6.05. The van der Waals surface area contributed by atoms with Crippen molar-refractivity contribution in [3.63, 3.8) is 0 Å². The molecule has 1 aliphatic rings. The third kappa shape index (κ3) is 4.71. The monoisotopic (exact) mass is 527 g/mol. The Labute approximate surface area is 215 Å². The maximum absolute atomic E-state index is 14.4. The SMILES string of the molecule is CNC(=O)[C@@H]1OC(n2cnc3c(NCc4cc(C)ccc4F)nc(-c4cncc(Cl)c4)nc32)C(O)C1O. The molecular weight excluding hydrogens is 505 g/mol. The van der Waals surface area contributed by atoms with Crippen LogP contribution in [0.1, 0.15) is 17.4 Å². The molecule has 4 N–H and O–H groups in total. The number of fused-ring (bicyclic) bond motifs is 1. The molecule has 0 bridgehead atoms. The van der Waals surface area contributed by atoms with Crippen molar-refractivity contribution in [3.8, 4) is 11.4 Å². The highest BCUT2D eigenvalue weighted by molar-refractivity contribution is 6.30. The number of aromatic nitrogens is 5. The van der Waals surface area contributed by atoms with E-state index >= 15 is 0 Å². The summed E-state index contributed by atoms with van der Waals surface area (Å²) >= 11 is 6.12. The van der Waals surface area contributed by atoms with Gasteiger partial charge in [-0.2, -0.15) is 0 Å². The fourth-order valence-electron chi connectivity index (χ4n) is 4.16. The highest BCUT2D eigenvalue weighted by Crippen LogP contribution is 2.34. The quantitative estimate of drug-likeness (QED) is 0.295. The van der Waals surface area contributed by atoms with Crippen molar-refractivity contribution in [1.82, 2.24) is 29.8 Å². The van der Waals surface area contributed by atoms with Crippen LogP contribution in [0.25, 0.3) is 22.6 Å². The fraction of sp³-hybridized carbons (Fsp3) is 0.292. The first-order chi connectivity index (χ1) is 17.8. The zero-order chi connectivity index (χ0) is 26.3. The number of anilines is 1. The van der Waals surface area contributed by atoms with Crippen LogP contribution in [0.5, 0.6) is 0 Å². The molecule has 192 valence electrons. The summed E-state index contributed by atoms with van der Waals surface area (Å²) in [7, 11) is 1.40. The molecular formula is C24H23ClFN7O4. The highest BCUT2D eigenvalue weighted by atomic mass is 35.5. The minimum atomic E-state index is -1.47. The Morgan fingerprint density at radius 1 is 1.22 bits per heavy atom. The summed E-state index contributed by atoms with van der Waals surface area (Å²) in [5.41, 5.74) is 2.38. The van der Waals surface area contributed by atoms with E-state index in [9.17, 15) is 19.4 Å².